The predicted octanol–water partition coefficient (Wildman–Crippen LogP) is 2.83. The molecule has 1 aliphatic heterocycles. The number of allylic oxidation sites excluding steroid dienone is 1. The number of hydrogen-bond acceptors (Lipinski definition) is 5. The molecule has 0 spiro atoms. The van der Waals surface area contributed by atoms with Crippen LogP contribution in [-0.4, -0.2) is 39.7 Å². The van der Waals surface area contributed by atoms with Crippen LogP contribution in [0, 0.1) is 0 Å². The van der Waals surface area contributed by atoms with Gasteiger partial charge in [0.1, 0.15) is 5.82 Å². The Labute approximate surface area is 157 Å². The van der Waals surface area contributed by atoms with Gasteiger partial charge in [0, 0.05) is 41.8 Å². The van der Waals surface area contributed by atoms with Gasteiger partial charge in [0.15, 0.2) is 0 Å². The zero-order valence-corrected chi connectivity index (χ0v) is 15.7. The summed E-state index contributed by atoms with van der Waals surface area (Å²) in [5, 5.41) is 13.0. The number of nitrogens with one attached hydrogen (secondary N) is 2. The molecule has 3 aromatic rings. The van der Waals surface area contributed by atoms with Gasteiger partial charge in [0.25, 0.3) is 5.91 Å². The molecular formula is C20H22N6O. The van der Waals surface area contributed by atoms with Crippen molar-refractivity contribution >= 4 is 28.2 Å². The summed E-state index contributed by atoms with van der Waals surface area (Å²) >= 11 is 0. The van der Waals surface area contributed by atoms with Crippen LogP contribution in [0.4, 0.5) is 11.5 Å². The minimum Gasteiger partial charge on any atom is -0.344 e. The average molecular weight is 362 g/mol. The van der Waals surface area contributed by atoms with Crippen molar-refractivity contribution in [1.82, 2.24) is 19.7 Å². The van der Waals surface area contributed by atoms with Crippen LogP contribution in [-0.2, 0) is 17.9 Å². The molecule has 3 heterocycles. The van der Waals surface area contributed by atoms with Crippen molar-refractivity contribution in [2.45, 2.75) is 20.0 Å². The third-order valence-corrected chi connectivity index (χ3v) is 4.56. The Balaban J connectivity index is 1.53. The van der Waals surface area contributed by atoms with Crippen molar-refractivity contribution in [3.05, 3.63) is 59.7 Å². The number of pyridine rings is 1. The Kier molecular flexibility index (Phi) is 4.37. The van der Waals surface area contributed by atoms with Crippen LogP contribution in [0.5, 0.6) is 0 Å². The molecule has 138 valence electrons. The number of nitrogens with zero attached hydrogens (tertiary/aromatic N) is 4. The topological polar surface area (TPSA) is 75.1 Å². The van der Waals surface area contributed by atoms with Gasteiger partial charge in [-0.2, -0.15) is 5.10 Å². The fourth-order valence-electron chi connectivity index (χ4n) is 3.24. The first kappa shape index (κ1) is 17.2. The summed E-state index contributed by atoms with van der Waals surface area (Å²) < 4.78 is 1.84. The number of carbonyl (C=O) groups excluding carboxylic acids is 1. The molecule has 7 nitrogen and oxygen atoms in total. The van der Waals surface area contributed by atoms with E-state index in [-0.39, 0.29) is 5.91 Å². The van der Waals surface area contributed by atoms with E-state index in [1.807, 2.05) is 62.2 Å². The molecule has 1 amide bonds. The highest BCUT2D eigenvalue weighted by Crippen LogP contribution is 2.24. The summed E-state index contributed by atoms with van der Waals surface area (Å²) in [6.07, 6.45) is 3.56. The first-order valence-corrected chi connectivity index (χ1v) is 8.83. The molecule has 0 bridgehead atoms. The zero-order chi connectivity index (χ0) is 19.0. The summed E-state index contributed by atoms with van der Waals surface area (Å²) in [6, 6.07) is 9.76. The summed E-state index contributed by atoms with van der Waals surface area (Å²) in [5.74, 6) is 0.794. The Morgan fingerprint density at radius 1 is 1.26 bits per heavy atom. The smallest absolute Gasteiger partial charge is 0.255 e. The fraction of sp³-hybridized carbons (Fsp3) is 0.250. The van der Waals surface area contributed by atoms with Crippen molar-refractivity contribution in [3.63, 3.8) is 0 Å². The van der Waals surface area contributed by atoms with Gasteiger partial charge in [-0.25, -0.2) is 4.68 Å². The van der Waals surface area contributed by atoms with E-state index in [9.17, 15) is 4.79 Å². The predicted molar refractivity (Wildman–Crippen MR) is 106 cm³/mol. The lowest BCUT2D eigenvalue weighted by Gasteiger charge is -2.21. The molecule has 0 unspecified atom stereocenters. The molecular weight excluding hydrogens is 340 g/mol. The van der Waals surface area contributed by atoms with Gasteiger partial charge in [0.2, 0.25) is 0 Å². The SMILES string of the molecule is CC1=C(C(=O)Nc2ccc3cnccc3c2)Cn2nc(CN(C)C)cc2N1. The van der Waals surface area contributed by atoms with Crippen LogP contribution in [0.15, 0.2) is 54.0 Å². The Morgan fingerprint density at radius 3 is 2.93 bits per heavy atom. The molecule has 4 rings (SSSR count). The third kappa shape index (κ3) is 3.54. The molecule has 0 aliphatic carbocycles. The highest BCUT2D eigenvalue weighted by molar-refractivity contribution is 6.05. The first-order chi connectivity index (χ1) is 13.0. The maximum absolute atomic E-state index is 12.8. The molecule has 2 aromatic heterocycles. The van der Waals surface area contributed by atoms with Gasteiger partial charge in [-0.1, -0.05) is 6.07 Å². The molecule has 1 aromatic carbocycles. The zero-order valence-electron chi connectivity index (χ0n) is 15.7. The van der Waals surface area contributed by atoms with E-state index in [0.717, 1.165) is 40.2 Å². The van der Waals surface area contributed by atoms with Gasteiger partial charge >= 0.3 is 0 Å². The molecule has 0 saturated heterocycles. The van der Waals surface area contributed by atoms with Crippen LogP contribution < -0.4 is 10.6 Å². The van der Waals surface area contributed by atoms with Gasteiger partial charge in [-0.15, -0.1) is 0 Å². The molecule has 27 heavy (non-hydrogen) atoms. The summed E-state index contributed by atoms with van der Waals surface area (Å²) in [6.45, 7) is 3.13. The standard InChI is InChI=1S/C20H22N6O/c1-13-18(12-26-19(22-13)9-17(24-26)11-25(2)3)20(27)23-16-5-4-15-10-21-7-6-14(15)8-16/h4-10,22H,11-12H2,1-3H3,(H,23,27). The minimum absolute atomic E-state index is 0.122. The van der Waals surface area contributed by atoms with Crippen molar-refractivity contribution in [2.24, 2.45) is 0 Å². The molecule has 0 atom stereocenters. The number of fused-ring (bicyclic) bond motifs is 2. The highest BCUT2D eigenvalue weighted by Gasteiger charge is 2.22. The summed E-state index contributed by atoms with van der Waals surface area (Å²) in [7, 11) is 4.02. The maximum atomic E-state index is 12.8. The second-order valence-corrected chi connectivity index (χ2v) is 7.04. The van der Waals surface area contributed by atoms with Crippen LogP contribution in [0.3, 0.4) is 0 Å². The minimum atomic E-state index is -0.122. The van der Waals surface area contributed by atoms with E-state index in [4.69, 9.17) is 0 Å². The highest BCUT2D eigenvalue weighted by atomic mass is 16.1. The number of rotatable bonds is 4. The largest absolute Gasteiger partial charge is 0.344 e. The number of carbonyl (C=O) groups is 1. The van der Waals surface area contributed by atoms with Gasteiger partial charge in [0.05, 0.1) is 17.8 Å². The van der Waals surface area contributed by atoms with Crippen molar-refractivity contribution in [2.75, 3.05) is 24.7 Å². The molecule has 0 fully saturated rings. The lowest BCUT2D eigenvalue weighted by molar-refractivity contribution is -0.113. The quantitative estimate of drug-likeness (QED) is 0.746. The molecule has 7 heteroatoms. The number of amides is 1. The molecule has 0 radical (unpaired) electrons. The van der Waals surface area contributed by atoms with E-state index in [1.54, 1.807) is 6.20 Å². The van der Waals surface area contributed by atoms with Crippen molar-refractivity contribution in [3.8, 4) is 0 Å². The van der Waals surface area contributed by atoms with Gasteiger partial charge in [-0.05, 0) is 44.6 Å². The lowest BCUT2D eigenvalue weighted by atomic mass is 10.1. The maximum Gasteiger partial charge on any atom is 0.255 e. The summed E-state index contributed by atoms with van der Waals surface area (Å²) in [5.41, 5.74) is 3.26. The number of aromatic nitrogens is 3. The van der Waals surface area contributed by atoms with E-state index >= 15 is 0 Å². The average Bonchev–Trinajstić information content (AvgIpc) is 3.01. The normalized spacial score (nSPS) is 13.6. The van der Waals surface area contributed by atoms with E-state index in [0.29, 0.717) is 12.1 Å². The fourth-order valence-corrected chi connectivity index (χ4v) is 3.24. The number of hydrogen-bond donors (Lipinski definition) is 2. The summed E-state index contributed by atoms with van der Waals surface area (Å²) in [4.78, 5) is 19.0. The second kappa shape index (κ2) is 6.85. The molecule has 2 N–H and O–H groups in total. The van der Waals surface area contributed by atoms with Crippen molar-refractivity contribution < 1.29 is 4.79 Å². The third-order valence-electron chi connectivity index (χ3n) is 4.56. The van der Waals surface area contributed by atoms with Crippen LogP contribution >= 0.6 is 0 Å². The molecule has 0 saturated carbocycles. The van der Waals surface area contributed by atoms with Crippen molar-refractivity contribution in [1.29, 1.82) is 0 Å². The van der Waals surface area contributed by atoms with E-state index in [2.05, 4.69) is 25.6 Å². The van der Waals surface area contributed by atoms with E-state index < -0.39 is 0 Å². The monoisotopic (exact) mass is 362 g/mol. The van der Waals surface area contributed by atoms with Gasteiger partial charge in [-0.3, -0.25) is 9.78 Å². The van der Waals surface area contributed by atoms with E-state index in [1.165, 1.54) is 0 Å². The van der Waals surface area contributed by atoms with Gasteiger partial charge < -0.3 is 15.5 Å². The first-order valence-electron chi connectivity index (χ1n) is 8.83. The van der Waals surface area contributed by atoms with Crippen LogP contribution in [0.25, 0.3) is 10.8 Å². The number of anilines is 2. The second-order valence-electron chi connectivity index (χ2n) is 7.04. The Morgan fingerprint density at radius 2 is 2.11 bits per heavy atom. The van der Waals surface area contributed by atoms with Crippen LogP contribution in [0.2, 0.25) is 0 Å². The number of benzene rings is 1. The van der Waals surface area contributed by atoms with Crippen LogP contribution in [0.1, 0.15) is 12.6 Å². The Hall–Kier alpha value is -3.19. The molecule has 1 aliphatic rings. The lowest BCUT2D eigenvalue weighted by Crippen LogP contribution is -2.26. The Bertz CT molecular complexity index is 1050.